The number of benzene rings is 2. The zero-order valence-electron chi connectivity index (χ0n) is 22.2. The normalized spacial score (nSPS) is 11.1. The molecule has 0 fully saturated rings. The maximum Gasteiger partial charge on any atom is 0.224 e. The van der Waals surface area contributed by atoms with Crippen LogP contribution in [0.25, 0.3) is 0 Å². The Morgan fingerprint density at radius 2 is 0.861 bits per heavy atom. The number of hydrogen-bond donors (Lipinski definition) is 2. The Hall–Kier alpha value is -3.02. The molecule has 6 nitrogen and oxygen atoms in total. The van der Waals surface area contributed by atoms with Crippen LogP contribution < -0.4 is 10.6 Å². The van der Waals surface area contributed by atoms with Crippen molar-refractivity contribution in [3.8, 4) is 0 Å². The molecule has 2 N–H and O–H groups in total. The second-order valence-electron chi connectivity index (χ2n) is 9.43. The molecule has 0 saturated carbocycles. The first kappa shape index (κ1) is 29.2. The fourth-order valence-corrected chi connectivity index (χ4v) is 3.92. The number of carbonyl (C=O) groups excluding carboxylic acids is 2. The summed E-state index contributed by atoms with van der Waals surface area (Å²) in [6.07, 6.45) is 15.2. The Balaban J connectivity index is 1.69. The molecular weight excluding hydrogens is 448 g/mol. The van der Waals surface area contributed by atoms with Crippen molar-refractivity contribution in [1.29, 1.82) is 0 Å². The largest absolute Gasteiger partial charge is 0.326 e. The minimum Gasteiger partial charge on any atom is -0.326 e. The van der Waals surface area contributed by atoms with Crippen LogP contribution in [0, 0.1) is 0 Å². The van der Waals surface area contributed by atoms with Crippen LogP contribution >= 0.6 is 0 Å². The van der Waals surface area contributed by atoms with E-state index in [-0.39, 0.29) is 11.8 Å². The van der Waals surface area contributed by atoms with E-state index < -0.39 is 0 Å². The highest BCUT2D eigenvalue weighted by molar-refractivity contribution is 5.91. The SMILES string of the molecule is CCCCCCCCC(=O)Nc1ccc(N=Nc2ccc(NC(=O)CCCCCCCC)cc2)cc1. The molecule has 36 heavy (non-hydrogen) atoms. The molecule has 2 aromatic rings. The fraction of sp³-hybridized carbons (Fsp3) is 0.533. The number of unbranched alkanes of at least 4 members (excludes halogenated alkanes) is 10. The van der Waals surface area contributed by atoms with Crippen molar-refractivity contribution >= 4 is 34.6 Å². The van der Waals surface area contributed by atoms with Crippen molar-refractivity contribution in [2.45, 2.75) is 104 Å². The lowest BCUT2D eigenvalue weighted by molar-refractivity contribution is -0.117. The summed E-state index contributed by atoms with van der Waals surface area (Å²) < 4.78 is 0. The lowest BCUT2D eigenvalue weighted by Crippen LogP contribution is -2.10. The van der Waals surface area contributed by atoms with Crippen LogP contribution in [0.5, 0.6) is 0 Å². The third-order valence-electron chi connectivity index (χ3n) is 6.10. The Labute approximate surface area is 217 Å². The summed E-state index contributed by atoms with van der Waals surface area (Å²) in [5.74, 6) is 0.109. The van der Waals surface area contributed by atoms with E-state index in [1.807, 2.05) is 48.5 Å². The first-order valence-corrected chi connectivity index (χ1v) is 13.8. The number of anilines is 2. The summed E-state index contributed by atoms with van der Waals surface area (Å²) in [7, 11) is 0. The molecule has 0 aliphatic rings. The Bertz CT molecular complexity index is 832. The van der Waals surface area contributed by atoms with Gasteiger partial charge in [-0.1, -0.05) is 78.1 Å². The van der Waals surface area contributed by atoms with E-state index in [0.29, 0.717) is 24.2 Å². The molecule has 0 aliphatic carbocycles. The molecule has 0 aliphatic heterocycles. The van der Waals surface area contributed by atoms with E-state index in [1.54, 1.807) is 0 Å². The van der Waals surface area contributed by atoms with Gasteiger partial charge in [0.2, 0.25) is 11.8 Å². The number of amides is 2. The van der Waals surface area contributed by atoms with Crippen LogP contribution in [0.3, 0.4) is 0 Å². The van der Waals surface area contributed by atoms with Gasteiger partial charge in [-0.15, -0.1) is 0 Å². The highest BCUT2D eigenvalue weighted by Crippen LogP contribution is 2.22. The van der Waals surface area contributed by atoms with Crippen LogP contribution in [0.4, 0.5) is 22.7 Å². The van der Waals surface area contributed by atoms with Gasteiger partial charge in [-0.25, -0.2) is 0 Å². The standard InChI is InChI=1S/C30H44N4O2/c1-3-5-7-9-11-13-15-29(35)31-25-17-21-27(22-18-25)33-34-28-23-19-26(20-24-28)32-30(36)16-14-12-10-8-6-4-2/h17-24H,3-16H2,1-2H3,(H,31,35)(H,32,36). The number of nitrogens with zero attached hydrogens (tertiary/aromatic N) is 2. The topological polar surface area (TPSA) is 82.9 Å². The molecule has 0 bridgehead atoms. The van der Waals surface area contributed by atoms with Crippen LogP contribution in [0.2, 0.25) is 0 Å². The monoisotopic (exact) mass is 492 g/mol. The predicted octanol–water partition coefficient (Wildman–Crippen LogP) is 9.48. The molecule has 196 valence electrons. The van der Waals surface area contributed by atoms with E-state index in [1.165, 1.54) is 51.4 Å². The number of rotatable bonds is 18. The number of nitrogens with one attached hydrogen (secondary N) is 2. The third kappa shape index (κ3) is 13.2. The van der Waals surface area contributed by atoms with Gasteiger partial charge in [0.1, 0.15) is 0 Å². The number of hydrogen-bond acceptors (Lipinski definition) is 4. The molecule has 6 heteroatoms. The Morgan fingerprint density at radius 1 is 0.528 bits per heavy atom. The first-order chi connectivity index (χ1) is 17.6. The summed E-state index contributed by atoms with van der Waals surface area (Å²) in [4.78, 5) is 24.2. The van der Waals surface area contributed by atoms with E-state index in [2.05, 4.69) is 34.7 Å². The van der Waals surface area contributed by atoms with E-state index in [9.17, 15) is 9.59 Å². The quantitative estimate of drug-likeness (QED) is 0.160. The van der Waals surface area contributed by atoms with Gasteiger partial charge in [-0.2, -0.15) is 10.2 Å². The van der Waals surface area contributed by atoms with Crippen molar-refractivity contribution < 1.29 is 9.59 Å². The zero-order chi connectivity index (χ0) is 25.8. The third-order valence-corrected chi connectivity index (χ3v) is 6.10. The Morgan fingerprint density at radius 3 is 1.22 bits per heavy atom. The second-order valence-corrected chi connectivity index (χ2v) is 9.43. The van der Waals surface area contributed by atoms with Gasteiger partial charge in [0.15, 0.2) is 0 Å². The van der Waals surface area contributed by atoms with Crippen LogP contribution in [-0.4, -0.2) is 11.8 Å². The predicted molar refractivity (Wildman–Crippen MR) is 150 cm³/mol. The first-order valence-electron chi connectivity index (χ1n) is 13.8. The molecule has 0 spiro atoms. The molecule has 2 rings (SSSR count). The lowest BCUT2D eigenvalue weighted by atomic mass is 10.1. The van der Waals surface area contributed by atoms with Gasteiger partial charge >= 0.3 is 0 Å². The van der Waals surface area contributed by atoms with Gasteiger partial charge in [-0.3, -0.25) is 9.59 Å². The maximum atomic E-state index is 12.1. The number of azo groups is 1. The molecule has 0 saturated heterocycles. The highest BCUT2D eigenvalue weighted by Gasteiger charge is 2.04. The summed E-state index contributed by atoms with van der Waals surface area (Å²) in [6.45, 7) is 4.41. The van der Waals surface area contributed by atoms with Crippen molar-refractivity contribution in [2.24, 2.45) is 10.2 Å². The van der Waals surface area contributed by atoms with Crippen LogP contribution in [0.1, 0.15) is 104 Å². The van der Waals surface area contributed by atoms with Gasteiger partial charge in [0.25, 0.3) is 0 Å². The molecule has 2 aromatic carbocycles. The van der Waals surface area contributed by atoms with Crippen molar-refractivity contribution in [2.75, 3.05) is 10.6 Å². The summed E-state index contributed by atoms with van der Waals surface area (Å²) >= 11 is 0. The van der Waals surface area contributed by atoms with Gasteiger partial charge in [0.05, 0.1) is 11.4 Å². The summed E-state index contributed by atoms with van der Waals surface area (Å²) in [6, 6.07) is 14.7. The van der Waals surface area contributed by atoms with Crippen molar-refractivity contribution in [1.82, 2.24) is 0 Å². The average molecular weight is 493 g/mol. The zero-order valence-corrected chi connectivity index (χ0v) is 22.2. The molecular formula is C30H44N4O2. The van der Waals surface area contributed by atoms with Crippen molar-refractivity contribution in [3.63, 3.8) is 0 Å². The molecule has 0 unspecified atom stereocenters. The minimum absolute atomic E-state index is 0.0547. The number of carbonyl (C=O) groups is 2. The summed E-state index contributed by atoms with van der Waals surface area (Å²) in [5, 5.41) is 14.4. The Kier molecular flexibility index (Phi) is 14.8. The minimum atomic E-state index is 0.0547. The van der Waals surface area contributed by atoms with Gasteiger partial charge in [0, 0.05) is 24.2 Å². The van der Waals surface area contributed by atoms with Crippen LogP contribution in [-0.2, 0) is 9.59 Å². The van der Waals surface area contributed by atoms with Gasteiger partial charge in [-0.05, 0) is 61.4 Å². The highest BCUT2D eigenvalue weighted by atomic mass is 16.2. The van der Waals surface area contributed by atoms with Crippen molar-refractivity contribution in [3.05, 3.63) is 48.5 Å². The fourth-order valence-electron chi connectivity index (χ4n) is 3.92. The molecule has 0 heterocycles. The van der Waals surface area contributed by atoms with E-state index >= 15 is 0 Å². The lowest BCUT2D eigenvalue weighted by Gasteiger charge is -2.06. The second kappa shape index (κ2) is 18.3. The average Bonchev–Trinajstić information content (AvgIpc) is 2.88. The summed E-state index contributed by atoms with van der Waals surface area (Å²) in [5.41, 5.74) is 2.96. The molecule has 0 aromatic heterocycles. The van der Waals surface area contributed by atoms with Crippen LogP contribution in [0.15, 0.2) is 58.8 Å². The molecule has 0 radical (unpaired) electrons. The smallest absolute Gasteiger partial charge is 0.224 e. The maximum absolute atomic E-state index is 12.1. The molecule has 2 amide bonds. The van der Waals surface area contributed by atoms with Gasteiger partial charge < -0.3 is 10.6 Å². The molecule has 0 atom stereocenters. The van der Waals surface area contributed by atoms with E-state index in [4.69, 9.17) is 0 Å². The van der Waals surface area contributed by atoms with E-state index in [0.717, 1.165) is 37.1 Å².